The second-order valence-corrected chi connectivity index (χ2v) is 29.0. The van der Waals surface area contributed by atoms with Gasteiger partial charge in [0, 0.05) is 0 Å². The van der Waals surface area contributed by atoms with Crippen LogP contribution in [0.15, 0.2) is 0 Å². The summed E-state index contributed by atoms with van der Waals surface area (Å²) >= 11 is 0. The number of rotatable bonds is 48. The van der Waals surface area contributed by atoms with Crippen molar-refractivity contribution in [2.24, 2.45) is 0 Å². The van der Waals surface area contributed by atoms with E-state index in [-0.39, 0.29) is 0 Å². The second-order valence-electron chi connectivity index (χ2n) is 20.0. The monoisotopic (exact) mass is 807 g/mol. The summed E-state index contributed by atoms with van der Waals surface area (Å²) in [6, 6.07) is 2.82. The molecule has 0 aliphatic carbocycles. The molecule has 0 heterocycles. The Kier molecular flexibility index (Phi) is 44.3. The average molecular weight is 808 g/mol. The fourth-order valence-electron chi connectivity index (χ4n) is 9.18. The summed E-state index contributed by atoms with van der Waals surface area (Å²) in [7, 11) is -3.02. The second kappa shape index (κ2) is 44.0. The maximum atomic E-state index is 7.00. The molecule has 3 heteroatoms. The normalized spacial score (nSPS) is 12.3. The van der Waals surface area contributed by atoms with Gasteiger partial charge in [-0.2, -0.15) is 0 Å². The van der Waals surface area contributed by atoms with Crippen LogP contribution in [0.2, 0.25) is 38.3 Å². The van der Waals surface area contributed by atoms with Crippen molar-refractivity contribution < 1.29 is 4.12 Å². The standard InChI is InChI=1S/C52H110OSi2/c1-7-9-11-13-15-17-19-21-23-25-27-29-31-33-35-37-39-41-43-45-47-49-51-55(6,53-54(3,4)5)52-50-48-46-44-42-40-38-36-34-32-30-28-26-24-22-20-18-16-14-12-10-8-2/h7-52H2,1-6H3. The Balaban J connectivity index is 3.59. The lowest BCUT2D eigenvalue weighted by atomic mass is 10.0. The van der Waals surface area contributed by atoms with E-state index in [2.05, 4.69) is 40.0 Å². The van der Waals surface area contributed by atoms with E-state index in [0.717, 1.165) is 0 Å². The number of hydrogen-bond acceptors (Lipinski definition) is 1. The van der Waals surface area contributed by atoms with E-state index in [0.29, 0.717) is 0 Å². The molecule has 0 aromatic heterocycles. The SMILES string of the molecule is CCCCCCCCCCCCCCCCCCCCCCCC[Si](C)(CCCCCCCCCCCCCCCCCCCCCCCC)O[Si](C)(C)C. The molecular weight excluding hydrogens is 697 g/mol. The van der Waals surface area contributed by atoms with E-state index in [1.807, 2.05) is 0 Å². The first-order valence-corrected chi connectivity index (χ1v) is 32.8. The third-order valence-corrected chi connectivity index (χ3v) is 19.9. The van der Waals surface area contributed by atoms with E-state index in [1.165, 1.54) is 295 Å². The predicted octanol–water partition coefficient (Wildman–Crippen LogP) is 20.6. The summed E-state index contributed by atoms with van der Waals surface area (Å²) in [5.41, 5.74) is 0. The molecule has 1 nitrogen and oxygen atoms in total. The molecule has 0 spiro atoms. The molecule has 0 aliphatic heterocycles. The van der Waals surface area contributed by atoms with Crippen molar-refractivity contribution in [1.29, 1.82) is 0 Å². The van der Waals surface area contributed by atoms with Crippen molar-refractivity contribution >= 4 is 16.6 Å². The highest BCUT2D eigenvalue weighted by atomic mass is 28.4. The Morgan fingerprint density at radius 2 is 0.364 bits per heavy atom. The Bertz CT molecular complexity index is 654. The first-order valence-electron chi connectivity index (χ1n) is 26.5. The van der Waals surface area contributed by atoms with Gasteiger partial charge in [0.1, 0.15) is 0 Å². The summed E-state index contributed by atoms with van der Waals surface area (Å²) in [5.74, 6) is 0. The van der Waals surface area contributed by atoms with Crippen LogP contribution in [0.4, 0.5) is 0 Å². The fraction of sp³-hybridized carbons (Fsp3) is 1.00. The van der Waals surface area contributed by atoms with Crippen molar-refractivity contribution in [1.82, 2.24) is 0 Å². The summed E-state index contributed by atoms with van der Waals surface area (Å²) in [4.78, 5) is 0. The molecule has 0 radical (unpaired) electrons. The molecule has 0 rings (SSSR count). The zero-order valence-corrected chi connectivity index (χ0v) is 41.9. The third kappa shape index (κ3) is 47.0. The first kappa shape index (κ1) is 55.4. The van der Waals surface area contributed by atoms with Crippen molar-refractivity contribution in [3.63, 3.8) is 0 Å². The molecule has 0 amide bonds. The van der Waals surface area contributed by atoms with Gasteiger partial charge in [0.15, 0.2) is 16.6 Å². The Morgan fingerprint density at radius 3 is 0.509 bits per heavy atom. The van der Waals surface area contributed by atoms with Gasteiger partial charge in [0.25, 0.3) is 0 Å². The Labute approximate surface area is 353 Å². The summed E-state index contributed by atoms with van der Waals surface area (Å²) in [6.07, 6.45) is 64.6. The Morgan fingerprint density at radius 1 is 0.218 bits per heavy atom. The van der Waals surface area contributed by atoms with Crippen molar-refractivity contribution in [3.05, 3.63) is 0 Å². The molecule has 0 atom stereocenters. The lowest BCUT2D eigenvalue weighted by Gasteiger charge is -2.35. The number of hydrogen-bond donors (Lipinski definition) is 0. The smallest absolute Gasteiger partial charge is 0.176 e. The molecule has 0 fully saturated rings. The van der Waals surface area contributed by atoms with Gasteiger partial charge in [0.05, 0.1) is 0 Å². The van der Waals surface area contributed by atoms with Crippen LogP contribution in [0.3, 0.4) is 0 Å². The largest absolute Gasteiger partial charge is 0.456 e. The predicted molar refractivity (Wildman–Crippen MR) is 260 cm³/mol. The van der Waals surface area contributed by atoms with E-state index in [1.54, 1.807) is 0 Å². The quantitative estimate of drug-likeness (QED) is 0.0440. The molecule has 0 aromatic rings. The molecule has 0 aromatic carbocycles. The van der Waals surface area contributed by atoms with Gasteiger partial charge in [-0.3, -0.25) is 0 Å². The third-order valence-electron chi connectivity index (χ3n) is 12.7. The van der Waals surface area contributed by atoms with Gasteiger partial charge in [-0.05, 0) is 38.3 Å². The minimum atomic E-state index is -1.56. The van der Waals surface area contributed by atoms with Crippen molar-refractivity contribution in [2.45, 2.75) is 335 Å². The number of unbranched alkanes of at least 4 members (excludes halogenated alkanes) is 42. The Hall–Kier alpha value is 0.394. The van der Waals surface area contributed by atoms with Gasteiger partial charge in [-0.15, -0.1) is 0 Å². The highest BCUT2D eigenvalue weighted by molar-refractivity contribution is 6.84. The minimum absolute atomic E-state index is 1.37. The van der Waals surface area contributed by atoms with Crippen molar-refractivity contribution in [3.8, 4) is 0 Å². The van der Waals surface area contributed by atoms with Crippen LogP contribution in [0.25, 0.3) is 0 Å². The van der Waals surface area contributed by atoms with Gasteiger partial charge in [-0.1, -0.05) is 296 Å². The topological polar surface area (TPSA) is 9.23 Å². The van der Waals surface area contributed by atoms with E-state index < -0.39 is 16.6 Å². The fourth-order valence-corrected chi connectivity index (χ4v) is 18.2. The van der Waals surface area contributed by atoms with Crippen LogP contribution in [0.5, 0.6) is 0 Å². The van der Waals surface area contributed by atoms with Crippen LogP contribution in [0, 0.1) is 0 Å². The van der Waals surface area contributed by atoms with Gasteiger partial charge in [0.2, 0.25) is 0 Å². The zero-order valence-electron chi connectivity index (χ0n) is 39.9. The zero-order chi connectivity index (χ0) is 40.2. The van der Waals surface area contributed by atoms with E-state index >= 15 is 0 Å². The highest BCUT2D eigenvalue weighted by Crippen LogP contribution is 2.28. The molecular formula is C52H110OSi2. The van der Waals surface area contributed by atoms with E-state index in [9.17, 15) is 0 Å². The summed E-state index contributed by atoms with van der Waals surface area (Å²) < 4.78 is 7.00. The molecule has 0 bridgehead atoms. The molecule has 55 heavy (non-hydrogen) atoms. The van der Waals surface area contributed by atoms with Gasteiger partial charge in [-0.25, -0.2) is 0 Å². The van der Waals surface area contributed by atoms with Crippen LogP contribution in [-0.4, -0.2) is 16.6 Å². The lowest BCUT2D eigenvalue weighted by molar-refractivity contribution is 0.508. The summed E-state index contributed by atoms with van der Waals surface area (Å²) in [6.45, 7) is 14.5. The molecule has 0 saturated carbocycles. The molecule has 0 N–H and O–H groups in total. The highest BCUT2D eigenvalue weighted by Gasteiger charge is 2.33. The van der Waals surface area contributed by atoms with Crippen LogP contribution >= 0.6 is 0 Å². The van der Waals surface area contributed by atoms with Crippen LogP contribution < -0.4 is 0 Å². The van der Waals surface area contributed by atoms with Crippen LogP contribution in [0.1, 0.15) is 296 Å². The van der Waals surface area contributed by atoms with Crippen molar-refractivity contribution in [2.75, 3.05) is 0 Å². The molecule has 0 aliphatic rings. The molecule has 332 valence electrons. The van der Waals surface area contributed by atoms with Gasteiger partial charge >= 0.3 is 0 Å². The first-order chi connectivity index (χ1) is 26.8. The van der Waals surface area contributed by atoms with Crippen LogP contribution in [-0.2, 0) is 4.12 Å². The minimum Gasteiger partial charge on any atom is -0.456 e. The maximum Gasteiger partial charge on any atom is 0.176 e. The molecule has 0 unspecified atom stereocenters. The summed E-state index contributed by atoms with van der Waals surface area (Å²) in [5, 5.41) is 0. The lowest BCUT2D eigenvalue weighted by Crippen LogP contribution is -2.44. The average Bonchev–Trinajstić information content (AvgIpc) is 3.15. The maximum absolute atomic E-state index is 7.00. The van der Waals surface area contributed by atoms with E-state index in [4.69, 9.17) is 4.12 Å². The van der Waals surface area contributed by atoms with Gasteiger partial charge < -0.3 is 4.12 Å². The molecule has 0 saturated heterocycles.